The van der Waals surface area contributed by atoms with E-state index < -0.39 is 0 Å². The maximum atomic E-state index is 5.21. The fraction of sp³-hybridized carbons (Fsp3) is 0. The quantitative estimate of drug-likeness (QED) is 0.677. The standard InChI is InChI=1S/C19H11N3/c1-2-3-8-15-13-18(16-9-4-6-11-20-16)22-19(14-15)17-10-5-7-12-21-17/h1,4-7,9-14H. The number of rotatable bonds is 2. The Morgan fingerprint density at radius 2 is 1.36 bits per heavy atom. The van der Waals surface area contributed by atoms with E-state index in [-0.39, 0.29) is 0 Å². The predicted molar refractivity (Wildman–Crippen MR) is 86.4 cm³/mol. The van der Waals surface area contributed by atoms with Crippen LogP contribution in [-0.2, 0) is 0 Å². The van der Waals surface area contributed by atoms with E-state index in [1.165, 1.54) is 0 Å². The number of hydrogen-bond donors (Lipinski definition) is 0. The monoisotopic (exact) mass is 281 g/mol. The van der Waals surface area contributed by atoms with Gasteiger partial charge >= 0.3 is 0 Å². The van der Waals surface area contributed by atoms with Crippen molar-refractivity contribution in [3.05, 3.63) is 66.5 Å². The van der Waals surface area contributed by atoms with Crippen LogP contribution in [0.4, 0.5) is 0 Å². The van der Waals surface area contributed by atoms with E-state index in [1.54, 1.807) is 12.4 Å². The van der Waals surface area contributed by atoms with Gasteiger partial charge in [0.05, 0.1) is 22.8 Å². The van der Waals surface area contributed by atoms with E-state index >= 15 is 0 Å². The Balaban J connectivity index is 2.17. The van der Waals surface area contributed by atoms with Crippen molar-refractivity contribution >= 4 is 0 Å². The van der Waals surface area contributed by atoms with Crippen LogP contribution in [0.15, 0.2) is 60.9 Å². The highest BCUT2D eigenvalue weighted by atomic mass is 14.8. The van der Waals surface area contributed by atoms with Crippen molar-refractivity contribution in [3.63, 3.8) is 0 Å². The lowest BCUT2D eigenvalue weighted by molar-refractivity contribution is 1.21. The molecule has 0 atom stereocenters. The topological polar surface area (TPSA) is 38.7 Å². The smallest absolute Gasteiger partial charge is 0.0906 e. The Kier molecular flexibility index (Phi) is 3.91. The molecule has 0 aliphatic carbocycles. The van der Waals surface area contributed by atoms with Crippen molar-refractivity contribution in [1.29, 1.82) is 0 Å². The molecule has 3 heterocycles. The molecule has 0 saturated carbocycles. The second kappa shape index (κ2) is 6.35. The van der Waals surface area contributed by atoms with E-state index in [2.05, 4.69) is 32.7 Å². The van der Waals surface area contributed by atoms with Gasteiger partial charge in [0.1, 0.15) is 0 Å². The van der Waals surface area contributed by atoms with Gasteiger partial charge in [-0.05, 0) is 48.2 Å². The van der Waals surface area contributed by atoms with Crippen molar-refractivity contribution in [2.45, 2.75) is 0 Å². The van der Waals surface area contributed by atoms with Gasteiger partial charge in [0.15, 0.2) is 0 Å². The van der Waals surface area contributed by atoms with Crippen LogP contribution in [0, 0.1) is 24.2 Å². The van der Waals surface area contributed by atoms with E-state index in [0.717, 1.165) is 28.3 Å². The molecular formula is C19H11N3. The van der Waals surface area contributed by atoms with Gasteiger partial charge in [0.25, 0.3) is 0 Å². The SMILES string of the molecule is C#CC#Cc1cc(-c2ccccn2)nc(-c2ccccn2)c1. The zero-order valence-corrected chi connectivity index (χ0v) is 11.7. The number of aromatic nitrogens is 3. The largest absolute Gasteiger partial charge is 0.255 e. The van der Waals surface area contributed by atoms with Crippen molar-refractivity contribution in [1.82, 2.24) is 15.0 Å². The van der Waals surface area contributed by atoms with Gasteiger partial charge in [-0.2, -0.15) is 0 Å². The lowest BCUT2D eigenvalue weighted by atomic mass is 10.1. The Bertz CT molecular complexity index is 825. The lowest BCUT2D eigenvalue weighted by Crippen LogP contribution is -1.93. The van der Waals surface area contributed by atoms with Crippen molar-refractivity contribution in [2.24, 2.45) is 0 Å². The first-order valence-corrected chi connectivity index (χ1v) is 6.68. The van der Waals surface area contributed by atoms with Crippen LogP contribution in [0.3, 0.4) is 0 Å². The van der Waals surface area contributed by atoms with E-state index in [4.69, 9.17) is 6.42 Å². The summed E-state index contributed by atoms with van der Waals surface area (Å²) in [4.78, 5) is 13.3. The molecule has 3 nitrogen and oxygen atoms in total. The number of pyridine rings is 3. The minimum Gasteiger partial charge on any atom is -0.255 e. The zero-order chi connectivity index (χ0) is 15.2. The molecule has 0 aliphatic rings. The molecule has 0 aromatic carbocycles. The molecule has 0 N–H and O–H groups in total. The Hall–Kier alpha value is -3.43. The first kappa shape index (κ1) is 13.5. The van der Waals surface area contributed by atoms with Crippen LogP contribution in [0.25, 0.3) is 22.8 Å². The summed E-state index contributed by atoms with van der Waals surface area (Å²) in [7, 11) is 0. The van der Waals surface area contributed by atoms with Crippen molar-refractivity contribution in [3.8, 4) is 47.0 Å². The molecule has 3 heteroatoms. The second-order valence-electron chi connectivity index (χ2n) is 4.45. The van der Waals surface area contributed by atoms with Gasteiger partial charge in [-0.25, -0.2) is 4.98 Å². The zero-order valence-electron chi connectivity index (χ0n) is 11.7. The molecule has 0 amide bonds. The molecular weight excluding hydrogens is 270 g/mol. The van der Waals surface area contributed by atoms with Gasteiger partial charge in [0.2, 0.25) is 0 Å². The molecule has 0 bridgehead atoms. The fourth-order valence-corrected chi connectivity index (χ4v) is 2.00. The molecule has 3 rings (SSSR count). The summed E-state index contributed by atoms with van der Waals surface area (Å²) in [5.41, 5.74) is 3.83. The van der Waals surface area contributed by atoms with Crippen LogP contribution in [0.1, 0.15) is 5.56 Å². The third kappa shape index (κ3) is 3.00. The van der Waals surface area contributed by atoms with Gasteiger partial charge in [-0.15, -0.1) is 6.42 Å². The van der Waals surface area contributed by atoms with Crippen LogP contribution in [0.2, 0.25) is 0 Å². The maximum absolute atomic E-state index is 5.21. The predicted octanol–water partition coefficient (Wildman–Crippen LogP) is 3.19. The lowest BCUT2D eigenvalue weighted by Gasteiger charge is -2.05. The molecule has 102 valence electrons. The minimum atomic E-state index is 0.741. The van der Waals surface area contributed by atoms with Gasteiger partial charge in [-0.1, -0.05) is 18.1 Å². The number of terminal acetylenes is 1. The number of nitrogens with zero attached hydrogens (tertiary/aromatic N) is 3. The van der Waals surface area contributed by atoms with Crippen LogP contribution < -0.4 is 0 Å². The molecule has 0 radical (unpaired) electrons. The van der Waals surface area contributed by atoms with Crippen LogP contribution in [0.5, 0.6) is 0 Å². The summed E-state index contributed by atoms with van der Waals surface area (Å²) in [5, 5.41) is 0. The summed E-state index contributed by atoms with van der Waals surface area (Å²) in [6.45, 7) is 0. The summed E-state index contributed by atoms with van der Waals surface area (Å²) < 4.78 is 0. The van der Waals surface area contributed by atoms with Gasteiger partial charge < -0.3 is 0 Å². The third-order valence-corrected chi connectivity index (χ3v) is 2.96. The molecule has 3 aromatic rings. The summed E-state index contributed by atoms with van der Waals surface area (Å²) in [5.74, 6) is 7.89. The highest BCUT2D eigenvalue weighted by Gasteiger charge is 2.07. The maximum Gasteiger partial charge on any atom is 0.0906 e. The van der Waals surface area contributed by atoms with Gasteiger partial charge in [-0.3, -0.25) is 9.97 Å². The molecule has 3 aromatic heterocycles. The van der Waals surface area contributed by atoms with Crippen molar-refractivity contribution < 1.29 is 0 Å². The molecule has 0 unspecified atom stereocenters. The molecule has 0 aliphatic heterocycles. The molecule has 22 heavy (non-hydrogen) atoms. The highest BCUT2D eigenvalue weighted by molar-refractivity contribution is 5.65. The number of hydrogen-bond acceptors (Lipinski definition) is 3. The Morgan fingerprint density at radius 1 is 0.773 bits per heavy atom. The summed E-state index contributed by atoms with van der Waals surface area (Å²) in [6.07, 6.45) is 8.68. The minimum absolute atomic E-state index is 0.741. The Morgan fingerprint density at radius 3 is 1.82 bits per heavy atom. The summed E-state index contributed by atoms with van der Waals surface area (Å²) >= 11 is 0. The van der Waals surface area contributed by atoms with Crippen LogP contribution >= 0.6 is 0 Å². The highest BCUT2D eigenvalue weighted by Crippen LogP contribution is 2.21. The molecule has 0 fully saturated rings. The Labute approximate surface area is 129 Å². The summed E-state index contributed by atoms with van der Waals surface area (Å²) in [6, 6.07) is 15.1. The molecule has 0 saturated heterocycles. The first-order chi connectivity index (χ1) is 10.9. The third-order valence-electron chi connectivity index (χ3n) is 2.96. The van der Waals surface area contributed by atoms with Crippen LogP contribution in [-0.4, -0.2) is 15.0 Å². The first-order valence-electron chi connectivity index (χ1n) is 6.68. The second-order valence-corrected chi connectivity index (χ2v) is 4.45. The fourth-order valence-electron chi connectivity index (χ4n) is 2.00. The van der Waals surface area contributed by atoms with Crippen molar-refractivity contribution in [2.75, 3.05) is 0 Å². The average Bonchev–Trinajstić information content (AvgIpc) is 2.61. The van der Waals surface area contributed by atoms with E-state index in [9.17, 15) is 0 Å². The van der Waals surface area contributed by atoms with E-state index in [0.29, 0.717) is 0 Å². The van der Waals surface area contributed by atoms with Gasteiger partial charge in [0, 0.05) is 18.0 Å². The molecule has 0 spiro atoms. The average molecular weight is 281 g/mol. The van der Waals surface area contributed by atoms with E-state index in [1.807, 2.05) is 48.5 Å². The normalized spacial score (nSPS) is 9.41.